The Balaban J connectivity index is 1.64. The second-order valence-corrected chi connectivity index (χ2v) is 8.88. The van der Waals surface area contributed by atoms with Crippen LogP contribution >= 0.6 is 0 Å². The van der Waals surface area contributed by atoms with Crippen LogP contribution < -0.4 is 15.4 Å². The number of methoxy groups -OCH3 is 1. The number of carboxylic acid groups (broad SMARTS) is 1. The molecule has 2 atom stereocenters. The van der Waals surface area contributed by atoms with E-state index in [4.69, 9.17) is 4.74 Å². The number of hydrogen-bond donors (Lipinski definition) is 3. The zero-order chi connectivity index (χ0) is 24.3. The van der Waals surface area contributed by atoms with Crippen molar-refractivity contribution in [2.45, 2.75) is 63.5 Å². The van der Waals surface area contributed by atoms with Crippen LogP contribution in [0.25, 0.3) is 0 Å². The standard InChI is InChI=1S/C27H34N2O5/c1-34-22-15-12-19(13-16-22)14-17-24(30)29-25(21-10-6-3-7-11-21)26(31)28-23(27(32)33)18-20-8-4-2-5-9-20/h2,4-5,8-9,12-13,15-16,21,23,25H,3,6-7,10-11,14,17-18H2,1H3,(H,28,31)(H,29,30)(H,32,33). The highest BCUT2D eigenvalue weighted by molar-refractivity contribution is 5.90. The van der Waals surface area contributed by atoms with Gasteiger partial charge in [-0.2, -0.15) is 0 Å². The average Bonchev–Trinajstić information content (AvgIpc) is 2.87. The number of carboxylic acids is 1. The molecule has 0 bridgehead atoms. The van der Waals surface area contributed by atoms with Crippen molar-refractivity contribution in [1.29, 1.82) is 0 Å². The summed E-state index contributed by atoms with van der Waals surface area (Å²) in [5.41, 5.74) is 1.83. The third kappa shape index (κ3) is 7.61. The molecule has 2 aromatic carbocycles. The molecule has 0 saturated heterocycles. The fourth-order valence-electron chi connectivity index (χ4n) is 4.47. The van der Waals surface area contributed by atoms with Crippen molar-refractivity contribution in [3.05, 3.63) is 65.7 Å². The lowest BCUT2D eigenvalue weighted by Crippen LogP contribution is -2.55. The van der Waals surface area contributed by atoms with Gasteiger partial charge < -0.3 is 20.5 Å². The average molecular weight is 467 g/mol. The van der Waals surface area contributed by atoms with Crippen molar-refractivity contribution in [3.8, 4) is 5.75 Å². The van der Waals surface area contributed by atoms with Crippen LogP contribution in [0.1, 0.15) is 49.7 Å². The van der Waals surface area contributed by atoms with E-state index < -0.39 is 24.0 Å². The minimum Gasteiger partial charge on any atom is -0.497 e. The summed E-state index contributed by atoms with van der Waals surface area (Å²) < 4.78 is 5.16. The number of nitrogens with one attached hydrogen (secondary N) is 2. The quantitative estimate of drug-likeness (QED) is 0.470. The lowest BCUT2D eigenvalue weighted by atomic mass is 9.83. The normalized spacial score (nSPS) is 15.7. The smallest absolute Gasteiger partial charge is 0.326 e. The van der Waals surface area contributed by atoms with Gasteiger partial charge in [0.1, 0.15) is 17.8 Å². The van der Waals surface area contributed by atoms with Crippen molar-refractivity contribution in [2.24, 2.45) is 5.92 Å². The second-order valence-electron chi connectivity index (χ2n) is 8.88. The highest BCUT2D eigenvalue weighted by atomic mass is 16.5. The predicted molar refractivity (Wildman–Crippen MR) is 130 cm³/mol. The molecule has 1 aliphatic rings. The van der Waals surface area contributed by atoms with Gasteiger partial charge in [-0.25, -0.2) is 4.79 Å². The Morgan fingerprint density at radius 1 is 0.941 bits per heavy atom. The molecule has 1 fully saturated rings. The number of amides is 2. The third-order valence-electron chi connectivity index (χ3n) is 6.42. The highest BCUT2D eigenvalue weighted by Crippen LogP contribution is 2.27. The molecule has 3 N–H and O–H groups in total. The summed E-state index contributed by atoms with van der Waals surface area (Å²) in [4.78, 5) is 37.9. The van der Waals surface area contributed by atoms with E-state index in [0.717, 1.165) is 49.0 Å². The Bertz CT molecular complexity index is 939. The molecule has 0 heterocycles. The van der Waals surface area contributed by atoms with Crippen LogP contribution in [0.2, 0.25) is 0 Å². The van der Waals surface area contributed by atoms with Crippen molar-refractivity contribution >= 4 is 17.8 Å². The maximum Gasteiger partial charge on any atom is 0.326 e. The molecule has 0 spiro atoms. The monoisotopic (exact) mass is 466 g/mol. The number of hydrogen-bond acceptors (Lipinski definition) is 4. The first-order chi connectivity index (χ1) is 16.5. The van der Waals surface area contributed by atoms with Crippen LogP contribution in [-0.4, -0.2) is 42.1 Å². The van der Waals surface area contributed by atoms with Gasteiger partial charge in [-0.15, -0.1) is 0 Å². The van der Waals surface area contributed by atoms with Gasteiger partial charge in [-0.3, -0.25) is 9.59 Å². The summed E-state index contributed by atoms with van der Waals surface area (Å²) in [5, 5.41) is 15.3. The maximum atomic E-state index is 13.2. The molecular formula is C27H34N2O5. The summed E-state index contributed by atoms with van der Waals surface area (Å²) in [5.74, 6) is -0.967. The Hall–Kier alpha value is -3.35. The van der Waals surface area contributed by atoms with E-state index in [2.05, 4.69) is 10.6 Å². The summed E-state index contributed by atoms with van der Waals surface area (Å²) in [6.45, 7) is 0. The second kappa shape index (κ2) is 12.8. The van der Waals surface area contributed by atoms with E-state index in [-0.39, 0.29) is 24.7 Å². The lowest BCUT2D eigenvalue weighted by Gasteiger charge is -2.31. The number of aliphatic carboxylic acids is 1. The Labute approximate surface area is 200 Å². The van der Waals surface area contributed by atoms with Gasteiger partial charge in [0, 0.05) is 12.8 Å². The fraction of sp³-hybridized carbons (Fsp3) is 0.444. The number of ether oxygens (including phenoxy) is 1. The molecule has 0 radical (unpaired) electrons. The summed E-state index contributed by atoms with van der Waals surface area (Å²) in [6, 6.07) is 14.9. The van der Waals surface area contributed by atoms with Crippen LogP contribution in [-0.2, 0) is 27.2 Å². The van der Waals surface area contributed by atoms with Crippen LogP contribution in [0, 0.1) is 5.92 Å². The van der Waals surface area contributed by atoms with Crippen LogP contribution in [0.15, 0.2) is 54.6 Å². The van der Waals surface area contributed by atoms with E-state index in [1.165, 1.54) is 0 Å². The van der Waals surface area contributed by atoms with Crippen molar-refractivity contribution in [3.63, 3.8) is 0 Å². The zero-order valence-corrected chi connectivity index (χ0v) is 19.7. The Morgan fingerprint density at radius 3 is 2.24 bits per heavy atom. The summed E-state index contributed by atoms with van der Waals surface area (Å²) in [6.07, 6.45) is 5.77. The van der Waals surface area contributed by atoms with E-state index in [1.807, 2.05) is 54.6 Å². The molecule has 3 rings (SSSR count). The van der Waals surface area contributed by atoms with Crippen molar-refractivity contribution < 1.29 is 24.2 Å². The molecule has 0 aromatic heterocycles. The minimum absolute atomic E-state index is 0.00450. The highest BCUT2D eigenvalue weighted by Gasteiger charge is 2.33. The first-order valence-electron chi connectivity index (χ1n) is 12.0. The molecule has 7 nitrogen and oxygen atoms in total. The van der Waals surface area contributed by atoms with Crippen molar-refractivity contribution in [1.82, 2.24) is 10.6 Å². The first-order valence-corrected chi connectivity index (χ1v) is 12.0. The van der Waals surface area contributed by atoms with Crippen LogP contribution in [0.3, 0.4) is 0 Å². The van der Waals surface area contributed by atoms with Gasteiger partial charge >= 0.3 is 5.97 Å². The predicted octanol–water partition coefficient (Wildman–Crippen LogP) is 3.51. The number of rotatable bonds is 11. The Kier molecular flexibility index (Phi) is 9.50. The van der Waals surface area contributed by atoms with E-state index in [1.54, 1.807) is 7.11 Å². The van der Waals surface area contributed by atoms with Gasteiger partial charge in [0.05, 0.1) is 7.11 Å². The SMILES string of the molecule is COc1ccc(CCC(=O)NC(C(=O)NC(Cc2ccccc2)C(=O)O)C2CCCCC2)cc1. The lowest BCUT2D eigenvalue weighted by molar-refractivity contribution is -0.142. The number of aryl methyl sites for hydroxylation is 1. The largest absolute Gasteiger partial charge is 0.497 e. The van der Waals surface area contributed by atoms with Gasteiger partial charge in [-0.05, 0) is 48.4 Å². The molecule has 7 heteroatoms. The molecule has 2 amide bonds. The van der Waals surface area contributed by atoms with Gasteiger partial charge in [0.2, 0.25) is 11.8 Å². The molecule has 2 aromatic rings. The Morgan fingerprint density at radius 2 is 1.62 bits per heavy atom. The molecule has 1 aliphatic carbocycles. The first kappa shape index (κ1) is 25.3. The molecule has 182 valence electrons. The number of benzene rings is 2. The zero-order valence-electron chi connectivity index (χ0n) is 19.7. The van der Waals surface area contributed by atoms with Gasteiger partial charge in [0.15, 0.2) is 0 Å². The fourth-order valence-corrected chi connectivity index (χ4v) is 4.47. The summed E-state index contributed by atoms with van der Waals surface area (Å²) >= 11 is 0. The topological polar surface area (TPSA) is 105 Å². The molecule has 0 aliphatic heterocycles. The van der Waals surface area contributed by atoms with E-state index in [9.17, 15) is 19.5 Å². The third-order valence-corrected chi connectivity index (χ3v) is 6.42. The number of carbonyl (C=O) groups excluding carboxylic acids is 2. The summed E-state index contributed by atoms with van der Waals surface area (Å²) in [7, 11) is 1.60. The molecule has 1 saturated carbocycles. The molecule has 34 heavy (non-hydrogen) atoms. The molecule has 2 unspecified atom stereocenters. The number of carbonyl (C=O) groups is 3. The minimum atomic E-state index is -1.09. The van der Waals surface area contributed by atoms with Crippen LogP contribution in [0.4, 0.5) is 0 Å². The van der Waals surface area contributed by atoms with Crippen molar-refractivity contribution in [2.75, 3.05) is 7.11 Å². The van der Waals surface area contributed by atoms with E-state index in [0.29, 0.717) is 6.42 Å². The van der Waals surface area contributed by atoms with E-state index >= 15 is 0 Å². The maximum absolute atomic E-state index is 13.2. The van der Waals surface area contributed by atoms with Crippen LogP contribution in [0.5, 0.6) is 5.75 Å². The molecular weight excluding hydrogens is 432 g/mol. The van der Waals surface area contributed by atoms with Gasteiger partial charge in [-0.1, -0.05) is 61.7 Å². The van der Waals surface area contributed by atoms with Gasteiger partial charge in [0.25, 0.3) is 0 Å².